The van der Waals surface area contributed by atoms with Crippen LogP contribution in [0.15, 0.2) is 22.6 Å². The van der Waals surface area contributed by atoms with Gasteiger partial charge in [0.25, 0.3) is 5.89 Å². The molecule has 4 aromatic rings. The second kappa shape index (κ2) is 10.6. The lowest BCUT2D eigenvalue weighted by Crippen LogP contribution is -2.23. The molecule has 0 amide bonds. The predicted molar refractivity (Wildman–Crippen MR) is 131 cm³/mol. The van der Waals surface area contributed by atoms with Gasteiger partial charge in [-0.25, -0.2) is 14.2 Å². The first-order valence-corrected chi connectivity index (χ1v) is 11.7. The van der Waals surface area contributed by atoms with Crippen molar-refractivity contribution in [2.75, 3.05) is 26.7 Å². The molecule has 0 fully saturated rings. The quantitative estimate of drug-likeness (QED) is 0.243. The van der Waals surface area contributed by atoms with Gasteiger partial charge in [-0.3, -0.25) is 5.10 Å². The third-order valence-electron chi connectivity index (χ3n) is 6.15. The summed E-state index contributed by atoms with van der Waals surface area (Å²) >= 11 is 0. The zero-order valence-electron chi connectivity index (χ0n) is 20.4. The molecular formula is C25H28FN7O2. The van der Waals surface area contributed by atoms with Gasteiger partial charge in [-0.15, -0.1) is 10.2 Å². The Labute approximate surface area is 203 Å². The Bertz CT molecular complexity index is 1370. The Morgan fingerprint density at radius 3 is 2.69 bits per heavy atom. The average molecular weight is 478 g/mol. The van der Waals surface area contributed by atoms with E-state index in [0.29, 0.717) is 40.4 Å². The number of benzene rings is 1. The number of H-pyrrole nitrogens is 1. The summed E-state index contributed by atoms with van der Waals surface area (Å²) in [6.45, 7) is 17.0. The number of nitrogens with zero attached hydrogens (tertiary/aromatic N) is 6. The third kappa shape index (κ3) is 4.86. The van der Waals surface area contributed by atoms with Crippen molar-refractivity contribution < 1.29 is 13.5 Å². The Kier molecular flexibility index (Phi) is 7.36. The van der Waals surface area contributed by atoms with Crippen LogP contribution in [-0.4, -0.2) is 57.0 Å². The highest BCUT2D eigenvalue weighted by Crippen LogP contribution is 2.40. The first-order chi connectivity index (χ1) is 17.0. The lowest BCUT2D eigenvalue weighted by molar-refractivity contribution is 0.295. The smallest absolute Gasteiger partial charge is 0.266 e. The van der Waals surface area contributed by atoms with E-state index in [0.717, 1.165) is 32.5 Å². The molecule has 0 aliphatic heterocycles. The Hall–Kier alpha value is -3.84. The van der Waals surface area contributed by atoms with E-state index in [2.05, 4.69) is 49.0 Å². The summed E-state index contributed by atoms with van der Waals surface area (Å²) in [7, 11) is 1.47. The van der Waals surface area contributed by atoms with Gasteiger partial charge in [0.15, 0.2) is 5.65 Å². The number of hydrogen-bond donors (Lipinski definition) is 1. The maximum absolute atomic E-state index is 14.8. The third-order valence-corrected chi connectivity index (χ3v) is 6.15. The van der Waals surface area contributed by atoms with Crippen LogP contribution in [0.5, 0.6) is 5.75 Å². The lowest BCUT2D eigenvalue weighted by Gasteiger charge is -2.17. The van der Waals surface area contributed by atoms with Crippen molar-refractivity contribution in [2.24, 2.45) is 0 Å². The van der Waals surface area contributed by atoms with E-state index in [1.807, 2.05) is 0 Å². The largest absolute Gasteiger partial charge is 0.497 e. The SMILES string of the molecule is [C-]#[N+]c1c(-c2ccc(OC)cc2F)nc2n[nH]c(-c3nnc(CCCCN(CC)CC)o3)c2c1C. The number of halogens is 1. The minimum absolute atomic E-state index is 0.205. The molecule has 10 heteroatoms. The molecule has 9 nitrogen and oxygen atoms in total. The van der Waals surface area contributed by atoms with Crippen LogP contribution in [0.25, 0.3) is 38.7 Å². The fraction of sp³-hybridized carbons (Fsp3) is 0.400. The van der Waals surface area contributed by atoms with Crippen LogP contribution in [0.1, 0.15) is 38.1 Å². The topological polar surface area (TPSA) is 97.3 Å². The maximum atomic E-state index is 14.8. The number of hydrogen-bond acceptors (Lipinski definition) is 7. The van der Waals surface area contributed by atoms with Gasteiger partial charge in [-0.1, -0.05) is 13.8 Å². The molecule has 3 heterocycles. The summed E-state index contributed by atoms with van der Waals surface area (Å²) < 4.78 is 25.7. The number of fused-ring (bicyclic) bond motifs is 1. The van der Waals surface area contributed by atoms with Crippen molar-refractivity contribution in [3.05, 3.63) is 46.9 Å². The Morgan fingerprint density at radius 2 is 2.00 bits per heavy atom. The molecule has 0 aliphatic rings. The minimum atomic E-state index is -0.529. The number of rotatable bonds is 10. The van der Waals surface area contributed by atoms with Crippen molar-refractivity contribution in [1.82, 2.24) is 30.3 Å². The zero-order valence-corrected chi connectivity index (χ0v) is 20.4. The fourth-order valence-corrected chi connectivity index (χ4v) is 4.12. The highest BCUT2D eigenvalue weighted by molar-refractivity contribution is 5.98. The summed E-state index contributed by atoms with van der Waals surface area (Å²) in [6, 6.07) is 4.45. The van der Waals surface area contributed by atoms with Crippen LogP contribution < -0.4 is 4.74 Å². The van der Waals surface area contributed by atoms with Gasteiger partial charge in [0.2, 0.25) is 11.6 Å². The van der Waals surface area contributed by atoms with E-state index in [9.17, 15) is 4.39 Å². The van der Waals surface area contributed by atoms with Crippen LogP contribution in [-0.2, 0) is 6.42 Å². The summed E-state index contributed by atoms with van der Waals surface area (Å²) in [5.74, 6) is 0.695. The minimum Gasteiger partial charge on any atom is -0.497 e. The van der Waals surface area contributed by atoms with Crippen molar-refractivity contribution in [3.63, 3.8) is 0 Å². The van der Waals surface area contributed by atoms with Crippen LogP contribution in [0, 0.1) is 19.3 Å². The molecule has 35 heavy (non-hydrogen) atoms. The van der Waals surface area contributed by atoms with E-state index in [1.54, 1.807) is 19.1 Å². The van der Waals surface area contributed by atoms with E-state index >= 15 is 0 Å². The molecule has 182 valence electrons. The molecular weight excluding hydrogens is 449 g/mol. The number of aryl methyl sites for hydroxylation is 2. The van der Waals surface area contributed by atoms with Gasteiger partial charge >= 0.3 is 0 Å². The van der Waals surface area contributed by atoms with E-state index in [1.165, 1.54) is 13.2 Å². The number of ether oxygens (including phenoxy) is 1. The van der Waals surface area contributed by atoms with Crippen molar-refractivity contribution in [1.29, 1.82) is 0 Å². The number of aromatic nitrogens is 5. The van der Waals surface area contributed by atoms with Gasteiger partial charge in [-0.2, -0.15) is 5.10 Å². The van der Waals surface area contributed by atoms with Gasteiger partial charge < -0.3 is 14.1 Å². The molecule has 3 aromatic heterocycles. The van der Waals surface area contributed by atoms with E-state index < -0.39 is 5.82 Å². The summed E-state index contributed by atoms with van der Waals surface area (Å²) in [4.78, 5) is 10.5. The number of unbranched alkanes of at least 4 members (excludes halogenated alkanes) is 1. The molecule has 0 saturated heterocycles. The fourth-order valence-electron chi connectivity index (χ4n) is 4.12. The standard InChI is InChI=1S/C25H28FN7O2/c1-6-33(7-2)13-9-8-10-19-29-32-25(35-19)23-20-15(3)21(27-4)22(28-24(20)31-30-23)17-12-11-16(34-5)14-18(17)26/h11-12,14H,6-10,13H2,1-3,5H3,(H,28,30,31). The molecule has 0 atom stereocenters. The molecule has 4 rings (SSSR count). The van der Waals surface area contributed by atoms with Crippen LogP contribution >= 0.6 is 0 Å². The normalized spacial score (nSPS) is 11.3. The average Bonchev–Trinajstić information content (AvgIpc) is 3.51. The summed E-state index contributed by atoms with van der Waals surface area (Å²) in [6.07, 6.45) is 2.68. The monoisotopic (exact) mass is 477 g/mol. The van der Waals surface area contributed by atoms with Crippen LogP contribution in [0.2, 0.25) is 0 Å². The van der Waals surface area contributed by atoms with Crippen molar-refractivity contribution in [3.8, 4) is 28.6 Å². The van der Waals surface area contributed by atoms with E-state index in [-0.39, 0.29) is 22.8 Å². The lowest BCUT2D eigenvalue weighted by atomic mass is 10.0. The van der Waals surface area contributed by atoms with Gasteiger partial charge in [0.1, 0.15) is 17.3 Å². The molecule has 0 aliphatic carbocycles. The molecule has 0 saturated carbocycles. The molecule has 1 aromatic carbocycles. The molecule has 0 radical (unpaired) electrons. The predicted octanol–water partition coefficient (Wildman–Crippen LogP) is 5.35. The molecule has 0 spiro atoms. The summed E-state index contributed by atoms with van der Waals surface area (Å²) in [5, 5.41) is 16.2. The highest BCUT2D eigenvalue weighted by Gasteiger charge is 2.23. The Balaban J connectivity index is 1.63. The number of methoxy groups -OCH3 is 1. The maximum Gasteiger partial charge on any atom is 0.266 e. The van der Waals surface area contributed by atoms with Crippen LogP contribution in [0.4, 0.5) is 10.1 Å². The van der Waals surface area contributed by atoms with Crippen molar-refractivity contribution in [2.45, 2.75) is 40.0 Å². The Morgan fingerprint density at radius 1 is 1.20 bits per heavy atom. The molecule has 0 unspecified atom stereocenters. The number of aromatic amines is 1. The van der Waals surface area contributed by atoms with Gasteiger partial charge in [0.05, 0.1) is 19.4 Å². The zero-order chi connectivity index (χ0) is 24.9. The second-order valence-electron chi connectivity index (χ2n) is 8.17. The molecule has 1 N–H and O–H groups in total. The number of pyridine rings is 1. The van der Waals surface area contributed by atoms with Crippen molar-refractivity contribution >= 4 is 16.7 Å². The van der Waals surface area contributed by atoms with Gasteiger partial charge in [0, 0.05) is 23.4 Å². The van der Waals surface area contributed by atoms with Crippen LogP contribution in [0.3, 0.4) is 0 Å². The highest BCUT2D eigenvalue weighted by atomic mass is 19.1. The molecule has 0 bridgehead atoms. The number of nitrogens with one attached hydrogen (secondary N) is 1. The summed E-state index contributed by atoms with van der Waals surface area (Å²) in [5.41, 5.74) is 2.12. The second-order valence-corrected chi connectivity index (χ2v) is 8.17. The first kappa shape index (κ1) is 24.3. The first-order valence-electron chi connectivity index (χ1n) is 11.7. The van der Waals surface area contributed by atoms with E-state index in [4.69, 9.17) is 15.7 Å². The van der Waals surface area contributed by atoms with Gasteiger partial charge in [-0.05, 0) is 57.1 Å².